The fourth-order valence-corrected chi connectivity index (χ4v) is 2.96. The van der Waals surface area contributed by atoms with E-state index in [1.165, 1.54) is 5.69 Å². The molecule has 0 unspecified atom stereocenters. The molecule has 104 valence electrons. The van der Waals surface area contributed by atoms with Gasteiger partial charge in [-0.05, 0) is 31.4 Å². The average Bonchev–Trinajstić information content (AvgIpc) is 3.01. The lowest BCUT2D eigenvalue weighted by atomic mass is 10.2. The second-order valence-corrected chi connectivity index (χ2v) is 5.77. The van der Waals surface area contributed by atoms with Gasteiger partial charge in [0.2, 0.25) is 5.91 Å². The molecule has 1 aliphatic carbocycles. The summed E-state index contributed by atoms with van der Waals surface area (Å²) in [7, 11) is 0. The van der Waals surface area contributed by atoms with Gasteiger partial charge in [-0.2, -0.15) is 0 Å². The number of amides is 1. The van der Waals surface area contributed by atoms with E-state index in [0.29, 0.717) is 18.4 Å². The quantitative estimate of drug-likeness (QED) is 0.833. The highest BCUT2D eigenvalue weighted by Gasteiger charge is 2.42. The molecule has 1 saturated carbocycles. The van der Waals surface area contributed by atoms with Crippen molar-refractivity contribution in [3.8, 4) is 0 Å². The summed E-state index contributed by atoms with van der Waals surface area (Å²) in [6.45, 7) is 7.15. The van der Waals surface area contributed by atoms with Crippen LogP contribution in [0.2, 0.25) is 0 Å². The van der Waals surface area contributed by atoms with Crippen molar-refractivity contribution in [2.75, 3.05) is 13.2 Å². The first kappa shape index (κ1) is 12.7. The third-order valence-electron chi connectivity index (χ3n) is 4.24. The number of aromatic nitrogens is 1. The molecule has 0 bridgehead atoms. The molecule has 0 radical (unpaired) electrons. The van der Waals surface area contributed by atoms with Crippen molar-refractivity contribution in [3.05, 3.63) is 24.0 Å². The third kappa shape index (κ3) is 2.54. The summed E-state index contributed by atoms with van der Waals surface area (Å²) >= 11 is 0. The number of hydrogen-bond donors (Lipinski definition) is 0. The van der Waals surface area contributed by atoms with Gasteiger partial charge in [-0.1, -0.05) is 6.92 Å². The number of carbonyl (C=O) groups excluding carboxylic acids is 1. The number of nitrogens with zero attached hydrogens (tertiary/aromatic N) is 2. The van der Waals surface area contributed by atoms with E-state index in [1.54, 1.807) is 0 Å². The van der Waals surface area contributed by atoms with Gasteiger partial charge in [-0.3, -0.25) is 4.79 Å². The molecular weight excluding hydrogens is 240 g/mol. The summed E-state index contributed by atoms with van der Waals surface area (Å²) in [6, 6.07) is 4.15. The van der Waals surface area contributed by atoms with Gasteiger partial charge in [0.25, 0.3) is 0 Å². The monoisotopic (exact) mass is 262 g/mol. The number of carbonyl (C=O) groups is 1. The predicted molar refractivity (Wildman–Crippen MR) is 72.5 cm³/mol. The minimum absolute atomic E-state index is 0.108. The van der Waals surface area contributed by atoms with Gasteiger partial charge < -0.3 is 14.2 Å². The fraction of sp³-hybridized carbons (Fsp3) is 0.667. The third-order valence-corrected chi connectivity index (χ3v) is 4.24. The SMILES string of the molecule is CCO[C@@H]1CN(C(=O)[C@H]2C[C@@H]2C)Cc2cccn2C1. The topological polar surface area (TPSA) is 34.5 Å². The molecule has 1 fully saturated rings. The van der Waals surface area contributed by atoms with Gasteiger partial charge >= 0.3 is 0 Å². The molecular formula is C15H22N2O2. The zero-order valence-electron chi connectivity index (χ0n) is 11.7. The van der Waals surface area contributed by atoms with Crippen molar-refractivity contribution in [2.45, 2.75) is 39.5 Å². The van der Waals surface area contributed by atoms with Crippen LogP contribution in [0.3, 0.4) is 0 Å². The fourth-order valence-electron chi connectivity index (χ4n) is 2.96. The van der Waals surface area contributed by atoms with Crippen LogP contribution in [0.15, 0.2) is 18.3 Å². The van der Waals surface area contributed by atoms with Gasteiger partial charge in [0.05, 0.1) is 19.2 Å². The van der Waals surface area contributed by atoms with Crippen LogP contribution in [0.1, 0.15) is 26.0 Å². The van der Waals surface area contributed by atoms with Crippen molar-refractivity contribution in [1.82, 2.24) is 9.47 Å². The predicted octanol–water partition coefficient (Wildman–Crippen LogP) is 1.89. The van der Waals surface area contributed by atoms with Crippen molar-refractivity contribution in [2.24, 2.45) is 11.8 Å². The first-order valence-electron chi connectivity index (χ1n) is 7.23. The Kier molecular flexibility index (Phi) is 3.35. The molecule has 0 aromatic carbocycles. The van der Waals surface area contributed by atoms with E-state index in [4.69, 9.17) is 4.74 Å². The average molecular weight is 262 g/mol. The standard InChI is InChI=1S/C15H22N2O2/c1-3-19-13-9-16-6-4-5-12(16)8-17(10-13)15(18)14-7-11(14)2/h4-6,11,13-14H,3,7-10H2,1-2H3/t11-,13-,14-/m0/s1. The highest BCUT2D eigenvalue weighted by Crippen LogP contribution is 2.39. The van der Waals surface area contributed by atoms with Crippen molar-refractivity contribution in [1.29, 1.82) is 0 Å². The number of fused-ring (bicyclic) bond motifs is 1. The van der Waals surface area contributed by atoms with Crippen LogP contribution in [-0.4, -0.2) is 34.6 Å². The normalized spacial score (nSPS) is 29.8. The highest BCUT2D eigenvalue weighted by molar-refractivity contribution is 5.81. The molecule has 1 amide bonds. The Bertz CT molecular complexity index is 468. The van der Waals surface area contributed by atoms with E-state index in [1.807, 2.05) is 17.9 Å². The van der Waals surface area contributed by atoms with E-state index >= 15 is 0 Å². The van der Waals surface area contributed by atoms with Gasteiger partial charge in [-0.15, -0.1) is 0 Å². The Hall–Kier alpha value is -1.29. The number of ether oxygens (including phenoxy) is 1. The van der Waals surface area contributed by atoms with Crippen LogP contribution in [0.5, 0.6) is 0 Å². The largest absolute Gasteiger partial charge is 0.375 e. The maximum atomic E-state index is 12.5. The molecule has 2 aliphatic rings. The minimum atomic E-state index is 0.108. The van der Waals surface area contributed by atoms with E-state index < -0.39 is 0 Å². The molecule has 1 aromatic rings. The number of hydrogen-bond acceptors (Lipinski definition) is 2. The molecule has 0 N–H and O–H groups in total. The molecule has 19 heavy (non-hydrogen) atoms. The van der Waals surface area contributed by atoms with Crippen LogP contribution in [-0.2, 0) is 22.6 Å². The Morgan fingerprint density at radius 2 is 2.26 bits per heavy atom. The van der Waals surface area contributed by atoms with Crippen molar-refractivity contribution in [3.63, 3.8) is 0 Å². The Labute approximate surface area is 114 Å². The maximum absolute atomic E-state index is 12.5. The first-order valence-corrected chi connectivity index (χ1v) is 7.23. The van der Waals surface area contributed by atoms with Crippen molar-refractivity contribution >= 4 is 5.91 Å². The molecule has 3 atom stereocenters. The maximum Gasteiger partial charge on any atom is 0.226 e. The smallest absolute Gasteiger partial charge is 0.226 e. The van der Waals surface area contributed by atoms with E-state index in [9.17, 15) is 4.79 Å². The molecule has 3 rings (SSSR count). The first-order chi connectivity index (χ1) is 9.19. The van der Waals surface area contributed by atoms with Crippen LogP contribution in [0, 0.1) is 11.8 Å². The lowest BCUT2D eigenvalue weighted by Gasteiger charge is -2.24. The summed E-state index contributed by atoms with van der Waals surface area (Å²) < 4.78 is 7.99. The summed E-state index contributed by atoms with van der Waals surface area (Å²) in [5.74, 6) is 1.13. The van der Waals surface area contributed by atoms with Crippen LogP contribution in [0.4, 0.5) is 0 Å². The molecule has 2 heterocycles. The summed E-state index contributed by atoms with van der Waals surface area (Å²) in [6.07, 6.45) is 3.24. The van der Waals surface area contributed by atoms with Crippen LogP contribution < -0.4 is 0 Å². The minimum Gasteiger partial charge on any atom is -0.375 e. The second-order valence-electron chi connectivity index (χ2n) is 5.77. The molecule has 1 aromatic heterocycles. The van der Waals surface area contributed by atoms with Crippen LogP contribution in [0.25, 0.3) is 0 Å². The lowest BCUT2D eigenvalue weighted by Crippen LogP contribution is -2.38. The Morgan fingerprint density at radius 1 is 1.47 bits per heavy atom. The summed E-state index contributed by atoms with van der Waals surface area (Å²) in [4.78, 5) is 14.5. The summed E-state index contributed by atoms with van der Waals surface area (Å²) in [5, 5.41) is 0. The van der Waals surface area contributed by atoms with Gasteiger partial charge in [-0.25, -0.2) is 0 Å². The molecule has 0 saturated heterocycles. The van der Waals surface area contributed by atoms with Crippen LogP contribution >= 0.6 is 0 Å². The molecule has 4 nitrogen and oxygen atoms in total. The Balaban J connectivity index is 1.78. The number of rotatable bonds is 3. The zero-order valence-corrected chi connectivity index (χ0v) is 11.7. The molecule has 1 aliphatic heterocycles. The van der Waals surface area contributed by atoms with E-state index in [-0.39, 0.29) is 12.0 Å². The highest BCUT2D eigenvalue weighted by atomic mass is 16.5. The lowest BCUT2D eigenvalue weighted by molar-refractivity contribution is -0.135. The van der Waals surface area contributed by atoms with Gasteiger partial charge in [0.1, 0.15) is 0 Å². The van der Waals surface area contributed by atoms with Gasteiger partial charge in [0, 0.05) is 31.0 Å². The van der Waals surface area contributed by atoms with E-state index in [0.717, 1.165) is 26.1 Å². The Morgan fingerprint density at radius 3 is 2.95 bits per heavy atom. The molecule has 4 heteroatoms. The molecule has 0 spiro atoms. The zero-order chi connectivity index (χ0) is 13.4. The summed E-state index contributed by atoms with van der Waals surface area (Å²) in [5.41, 5.74) is 1.21. The van der Waals surface area contributed by atoms with Gasteiger partial charge in [0.15, 0.2) is 0 Å². The van der Waals surface area contributed by atoms with E-state index in [2.05, 4.69) is 23.8 Å². The van der Waals surface area contributed by atoms with Crippen molar-refractivity contribution < 1.29 is 9.53 Å². The second kappa shape index (κ2) is 5.00.